The molecule has 1 aliphatic rings. The van der Waals surface area contributed by atoms with Crippen LogP contribution >= 0.6 is 11.6 Å². The van der Waals surface area contributed by atoms with Crippen molar-refractivity contribution < 1.29 is 4.74 Å². The molecule has 0 atom stereocenters. The van der Waals surface area contributed by atoms with Crippen LogP contribution < -0.4 is 0 Å². The molecule has 1 heterocycles. The van der Waals surface area contributed by atoms with Crippen molar-refractivity contribution in [1.82, 2.24) is 4.90 Å². The molecule has 0 amide bonds. The van der Waals surface area contributed by atoms with Crippen LogP contribution in [0.2, 0.25) is 5.02 Å². The monoisotopic (exact) mass is 267 g/mol. The third kappa shape index (κ3) is 3.25. The van der Waals surface area contributed by atoms with Crippen molar-refractivity contribution in [2.75, 3.05) is 32.8 Å². The van der Waals surface area contributed by atoms with E-state index >= 15 is 0 Å². The van der Waals surface area contributed by atoms with E-state index in [0.717, 1.165) is 50.7 Å². The zero-order chi connectivity index (χ0) is 13.0. The highest BCUT2D eigenvalue weighted by atomic mass is 35.5. The SMILES string of the molecule is CCc1ccc(Cl)c(C)c1CCN1CCOCC1. The van der Waals surface area contributed by atoms with E-state index in [0.29, 0.717) is 0 Å². The van der Waals surface area contributed by atoms with E-state index in [2.05, 4.69) is 24.8 Å². The standard InChI is InChI=1S/C15H22ClNO/c1-3-13-4-5-15(16)12(2)14(13)6-7-17-8-10-18-11-9-17/h4-5H,3,6-11H2,1-2H3. The maximum atomic E-state index is 6.23. The smallest absolute Gasteiger partial charge is 0.0594 e. The van der Waals surface area contributed by atoms with Crippen molar-refractivity contribution in [1.29, 1.82) is 0 Å². The van der Waals surface area contributed by atoms with Crippen LogP contribution in [0.5, 0.6) is 0 Å². The van der Waals surface area contributed by atoms with E-state index in [1.165, 1.54) is 16.7 Å². The second kappa shape index (κ2) is 6.55. The topological polar surface area (TPSA) is 12.5 Å². The highest BCUT2D eigenvalue weighted by Gasteiger charge is 2.13. The molecule has 0 unspecified atom stereocenters. The number of morpholine rings is 1. The molecule has 1 fully saturated rings. The summed E-state index contributed by atoms with van der Waals surface area (Å²) in [6.45, 7) is 9.31. The fourth-order valence-corrected chi connectivity index (χ4v) is 2.74. The van der Waals surface area contributed by atoms with Gasteiger partial charge in [-0.05, 0) is 42.5 Å². The van der Waals surface area contributed by atoms with Gasteiger partial charge >= 0.3 is 0 Å². The van der Waals surface area contributed by atoms with Gasteiger partial charge in [-0.25, -0.2) is 0 Å². The molecule has 0 saturated carbocycles. The number of aryl methyl sites for hydroxylation is 1. The predicted octanol–water partition coefficient (Wildman–Crippen LogP) is 3.09. The Hall–Kier alpha value is -0.570. The van der Waals surface area contributed by atoms with Crippen LogP contribution in [0.15, 0.2) is 12.1 Å². The maximum Gasteiger partial charge on any atom is 0.0594 e. The number of hydrogen-bond donors (Lipinski definition) is 0. The van der Waals surface area contributed by atoms with Crippen LogP contribution in [-0.4, -0.2) is 37.7 Å². The van der Waals surface area contributed by atoms with E-state index in [9.17, 15) is 0 Å². The van der Waals surface area contributed by atoms with Gasteiger partial charge in [0.25, 0.3) is 0 Å². The predicted molar refractivity (Wildman–Crippen MR) is 76.5 cm³/mol. The van der Waals surface area contributed by atoms with Gasteiger partial charge in [-0.3, -0.25) is 4.90 Å². The summed E-state index contributed by atoms with van der Waals surface area (Å²) in [5, 5.41) is 0.893. The third-order valence-electron chi connectivity index (χ3n) is 3.79. The van der Waals surface area contributed by atoms with E-state index in [4.69, 9.17) is 16.3 Å². The molecule has 0 spiro atoms. The lowest BCUT2D eigenvalue weighted by atomic mass is 9.97. The molecule has 1 aromatic rings. The summed E-state index contributed by atoms with van der Waals surface area (Å²) in [7, 11) is 0. The average Bonchev–Trinajstić information content (AvgIpc) is 2.41. The molecule has 1 aromatic carbocycles. The largest absolute Gasteiger partial charge is 0.379 e. The molecule has 3 heteroatoms. The Labute approximate surface area is 115 Å². The Bertz CT molecular complexity index is 400. The first kappa shape index (κ1) is 13.9. The molecule has 0 radical (unpaired) electrons. The Kier molecular flexibility index (Phi) is 5.04. The van der Waals surface area contributed by atoms with E-state index in [1.54, 1.807) is 0 Å². The molecule has 2 rings (SSSR count). The Morgan fingerprint density at radius 3 is 2.67 bits per heavy atom. The first-order chi connectivity index (χ1) is 8.72. The van der Waals surface area contributed by atoms with Crippen LogP contribution in [0.25, 0.3) is 0 Å². The molecule has 18 heavy (non-hydrogen) atoms. The quantitative estimate of drug-likeness (QED) is 0.831. The van der Waals surface area contributed by atoms with Gasteiger partial charge in [-0.15, -0.1) is 0 Å². The van der Waals surface area contributed by atoms with Gasteiger partial charge in [0.1, 0.15) is 0 Å². The number of halogens is 1. The second-order valence-corrected chi connectivity index (χ2v) is 5.27. The summed E-state index contributed by atoms with van der Waals surface area (Å²) < 4.78 is 5.38. The fraction of sp³-hybridized carbons (Fsp3) is 0.600. The molecule has 0 N–H and O–H groups in total. The van der Waals surface area contributed by atoms with Crippen molar-refractivity contribution in [2.45, 2.75) is 26.7 Å². The molecular weight excluding hydrogens is 246 g/mol. The molecule has 0 bridgehead atoms. The van der Waals surface area contributed by atoms with Crippen molar-refractivity contribution in [3.63, 3.8) is 0 Å². The molecule has 0 aliphatic carbocycles. The van der Waals surface area contributed by atoms with Gasteiger partial charge < -0.3 is 4.74 Å². The van der Waals surface area contributed by atoms with Gasteiger partial charge in [-0.1, -0.05) is 24.6 Å². The van der Waals surface area contributed by atoms with Crippen molar-refractivity contribution in [3.05, 3.63) is 33.8 Å². The number of nitrogens with zero attached hydrogens (tertiary/aromatic N) is 1. The van der Waals surface area contributed by atoms with Crippen LogP contribution in [-0.2, 0) is 17.6 Å². The van der Waals surface area contributed by atoms with Crippen LogP contribution in [0.1, 0.15) is 23.6 Å². The highest BCUT2D eigenvalue weighted by Crippen LogP contribution is 2.24. The molecule has 1 aliphatic heterocycles. The number of rotatable bonds is 4. The van der Waals surface area contributed by atoms with Gasteiger partial charge in [0, 0.05) is 24.7 Å². The fourth-order valence-electron chi connectivity index (χ4n) is 2.56. The van der Waals surface area contributed by atoms with Crippen LogP contribution in [0.3, 0.4) is 0 Å². The summed E-state index contributed by atoms with van der Waals surface area (Å²) in [4.78, 5) is 2.48. The van der Waals surface area contributed by atoms with Crippen LogP contribution in [0.4, 0.5) is 0 Å². The minimum atomic E-state index is 0.870. The first-order valence-electron chi connectivity index (χ1n) is 6.79. The van der Waals surface area contributed by atoms with E-state index < -0.39 is 0 Å². The molecule has 1 saturated heterocycles. The summed E-state index contributed by atoms with van der Waals surface area (Å²) in [6, 6.07) is 4.19. The summed E-state index contributed by atoms with van der Waals surface area (Å²) in [6.07, 6.45) is 2.17. The third-order valence-corrected chi connectivity index (χ3v) is 4.20. The maximum absolute atomic E-state index is 6.23. The molecule has 100 valence electrons. The number of benzene rings is 1. The minimum Gasteiger partial charge on any atom is -0.379 e. The lowest BCUT2D eigenvalue weighted by molar-refractivity contribution is 0.0384. The second-order valence-electron chi connectivity index (χ2n) is 4.87. The summed E-state index contributed by atoms with van der Waals surface area (Å²) in [5.41, 5.74) is 4.13. The zero-order valence-electron chi connectivity index (χ0n) is 11.3. The Morgan fingerprint density at radius 2 is 2.00 bits per heavy atom. The van der Waals surface area contributed by atoms with Crippen LogP contribution in [0, 0.1) is 6.92 Å². The Balaban J connectivity index is 2.05. The zero-order valence-corrected chi connectivity index (χ0v) is 12.1. The van der Waals surface area contributed by atoms with E-state index in [1.807, 2.05) is 6.07 Å². The number of hydrogen-bond acceptors (Lipinski definition) is 2. The van der Waals surface area contributed by atoms with Gasteiger partial charge in [0.2, 0.25) is 0 Å². The normalized spacial score (nSPS) is 17.1. The lowest BCUT2D eigenvalue weighted by Crippen LogP contribution is -2.37. The van der Waals surface area contributed by atoms with Crippen molar-refractivity contribution in [2.24, 2.45) is 0 Å². The highest BCUT2D eigenvalue weighted by molar-refractivity contribution is 6.31. The van der Waals surface area contributed by atoms with Crippen molar-refractivity contribution in [3.8, 4) is 0 Å². The average molecular weight is 268 g/mol. The minimum absolute atomic E-state index is 0.870. The first-order valence-corrected chi connectivity index (χ1v) is 7.17. The molecular formula is C15H22ClNO. The van der Waals surface area contributed by atoms with Crippen molar-refractivity contribution >= 4 is 11.6 Å². The van der Waals surface area contributed by atoms with E-state index in [-0.39, 0.29) is 0 Å². The number of ether oxygens (including phenoxy) is 1. The summed E-state index contributed by atoms with van der Waals surface area (Å²) >= 11 is 6.23. The van der Waals surface area contributed by atoms with Gasteiger partial charge in [-0.2, -0.15) is 0 Å². The van der Waals surface area contributed by atoms with Gasteiger partial charge in [0.15, 0.2) is 0 Å². The Morgan fingerprint density at radius 1 is 1.28 bits per heavy atom. The summed E-state index contributed by atoms with van der Waals surface area (Å²) in [5.74, 6) is 0. The molecule has 0 aromatic heterocycles. The van der Waals surface area contributed by atoms with Gasteiger partial charge in [0.05, 0.1) is 13.2 Å². The lowest BCUT2D eigenvalue weighted by Gasteiger charge is -2.27. The molecule has 2 nitrogen and oxygen atoms in total.